The second-order valence-electron chi connectivity index (χ2n) is 4.10. The standard InChI is InChI=1S/C12H23N3O6/c1-18-7-9(8-21-12(17)19-2)10(16)20-6-4-3-5-15-11(13)14/h9H,3-8H2,1-2H3,(H4,13,14,15). The molecule has 0 bridgehead atoms. The molecular weight excluding hydrogens is 282 g/mol. The minimum Gasteiger partial charge on any atom is -0.465 e. The monoisotopic (exact) mass is 305 g/mol. The Morgan fingerprint density at radius 3 is 2.38 bits per heavy atom. The third kappa shape index (κ3) is 10.4. The Bertz CT molecular complexity index is 344. The molecule has 0 aliphatic heterocycles. The van der Waals surface area contributed by atoms with E-state index in [0.29, 0.717) is 19.4 Å². The zero-order valence-electron chi connectivity index (χ0n) is 12.4. The van der Waals surface area contributed by atoms with Crippen LogP contribution in [0, 0.1) is 5.92 Å². The van der Waals surface area contributed by atoms with Crippen molar-refractivity contribution >= 4 is 18.1 Å². The highest BCUT2D eigenvalue weighted by molar-refractivity contribution is 5.75. The van der Waals surface area contributed by atoms with E-state index in [2.05, 4.69) is 9.73 Å². The summed E-state index contributed by atoms with van der Waals surface area (Å²) in [5.41, 5.74) is 10.3. The summed E-state index contributed by atoms with van der Waals surface area (Å²) in [6.07, 6.45) is 0.458. The zero-order valence-corrected chi connectivity index (χ0v) is 12.4. The van der Waals surface area contributed by atoms with Gasteiger partial charge in [0, 0.05) is 13.7 Å². The number of nitrogens with zero attached hydrogens (tertiary/aromatic N) is 1. The molecule has 0 radical (unpaired) electrons. The van der Waals surface area contributed by atoms with Gasteiger partial charge in [-0.1, -0.05) is 0 Å². The van der Waals surface area contributed by atoms with Crippen LogP contribution in [-0.4, -0.2) is 58.7 Å². The first-order valence-electron chi connectivity index (χ1n) is 6.43. The maximum absolute atomic E-state index is 11.8. The van der Waals surface area contributed by atoms with Crippen molar-refractivity contribution in [1.29, 1.82) is 0 Å². The van der Waals surface area contributed by atoms with Crippen molar-refractivity contribution < 1.29 is 28.5 Å². The predicted octanol–water partition coefficient (Wildman–Crippen LogP) is -0.371. The molecule has 1 unspecified atom stereocenters. The molecule has 21 heavy (non-hydrogen) atoms. The van der Waals surface area contributed by atoms with Crippen molar-refractivity contribution in [2.45, 2.75) is 12.8 Å². The largest absolute Gasteiger partial charge is 0.508 e. The summed E-state index contributed by atoms with van der Waals surface area (Å²) in [5.74, 6) is -1.15. The molecule has 0 rings (SSSR count). The van der Waals surface area contributed by atoms with Crippen LogP contribution >= 0.6 is 0 Å². The minimum atomic E-state index is -0.860. The second kappa shape index (κ2) is 11.8. The SMILES string of the molecule is COCC(COC(=O)OC)C(=O)OCCCCN=C(N)N. The number of carbonyl (C=O) groups is 2. The van der Waals surface area contributed by atoms with Crippen LogP contribution in [0.2, 0.25) is 0 Å². The van der Waals surface area contributed by atoms with E-state index in [4.69, 9.17) is 25.7 Å². The van der Waals surface area contributed by atoms with Crippen LogP contribution in [0.1, 0.15) is 12.8 Å². The number of methoxy groups -OCH3 is 2. The fraction of sp³-hybridized carbons (Fsp3) is 0.750. The van der Waals surface area contributed by atoms with Gasteiger partial charge in [-0.05, 0) is 12.8 Å². The maximum atomic E-state index is 11.8. The number of rotatable bonds is 10. The molecule has 0 heterocycles. The normalized spacial score (nSPS) is 11.3. The lowest BCUT2D eigenvalue weighted by molar-refractivity contribution is -0.152. The van der Waals surface area contributed by atoms with E-state index in [1.54, 1.807) is 0 Å². The van der Waals surface area contributed by atoms with E-state index in [1.807, 2.05) is 0 Å². The zero-order chi connectivity index (χ0) is 16.1. The van der Waals surface area contributed by atoms with Gasteiger partial charge in [-0.15, -0.1) is 0 Å². The van der Waals surface area contributed by atoms with Crippen LogP contribution in [0.25, 0.3) is 0 Å². The Labute approximate surface area is 123 Å². The molecule has 0 aromatic heterocycles. The van der Waals surface area contributed by atoms with Gasteiger partial charge in [-0.3, -0.25) is 9.79 Å². The van der Waals surface area contributed by atoms with Gasteiger partial charge in [0.25, 0.3) is 0 Å². The van der Waals surface area contributed by atoms with Crippen molar-refractivity contribution in [2.24, 2.45) is 22.4 Å². The Kier molecular flexibility index (Phi) is 10.6. The average molecular weight is 305 g/mol. The van der Waals surface area contributed by atoms with Crippen LogP contribution in [0.5, 0.6) is 0 Å². The number of unbranched alkanes of at least 4 members (excludes halogenated alkanes) is 1. The molecule has 0 aliphatic carbocycles. The number of esters is 1. The Balaban J connectivity index is 3.95. The van der Waals surface area contributed by atoms with Gasteiger partial charge in [0.05, 0.1) is 20.3 Å². The molecule has 0 spiro atoms. The van der Waals surface area contributed by atoms with Gasteiger partial charge in [0.2, 0.25) is 0 Å². The van der Waals surface area contributed by atoms with Crippen LogP contribution in [-0.2, 0) is 23.7 Å². The van der Waals surface area contributed by atoms with Gasteiger partial charge in [0.15, 0.2) is 5.96 Å². The molecule has 9 heteroatoms. The number of hydrogen-bond acceptors (Lipinski definition) is 7. The molecule has 0 saturated carbocycles. The number of hydrogen-bond donors (Lipinski definition) is 2. The summed E-state index contributed by atoms with van der Waals surface area (Å²) < 4.78 is 19.0. The quantitative estimate of drug-likeness (QED) is 0.241. The Morgan fingerprint density at radius 2 is 1.81 bits per heavy atom. The van der Waals surface area contributed by atoms with Crippen LogP contribution in [0.4, 0.5) is 4.79 Å². The fourth-order valence-electron chi connectivity index (χ4n) is 1.33. The molecule has 0 aromatic rings. The topological polar surface area (TPSA) is 135 Å². The number of carbonyl (C=O) groups excluding carboxylic acids is 2. The summed E-state index contributed by atoms with van der Waals surface area (Å²) in [4.78, 5) is 26.4. The minimum absolute atomic E-state index is 0.0344. The lowest BCUT2D eigenvalue weighted by atomic mass is 10.2. The van der Waals surface area contributed by atoms with Gasteiger partial charge in [-0.2, -0.15) is 0 Å². The highest BCUT2D eigenvalue weighted by Crippen LogP contribution is 2.04. The lowest BCUT2D eigenvalue weighted by Gasteiger charge is -2.14. The fourth-order valence-corrected chi connectivity index (χ4v) is 1.33. The number of ether oxygens (including phenoxy) is 4. The molecule has 4 N–H and O–H groups in total. The van der Waals surface area contributed by atoms with Crippen molar-refractivity contribution in [3.05, 3.63) is 0 Å². The highest BCUT2D eigenvalue weighted by Gasteiger charge is 2.22. The number of nitrogens with two attached hydrogens (primary N) is 2. The molecule has 0 saturated heterocycles. The van der Waals surface area contributed by atoms with Crippen LogP contribution < -0.4 is 11.5 Å². The molecule has 1 atom stereocenters. The van der Waals surface area contributed by atoms with Crippen molar-refractivity contribution in [1.82, 2.24) is 0 Å². The molecule has 122 valence electrons. The molecule has 9 nitrogen and oxygen atoms in total. The van der Waals surface area contributed by atoms with Gasteiger partial charge in [0.1, 0.15) is 12.5 Å². The third-order valence-corrected chi connectivity index (χ3v) is 2.36. The van der Waals surface area contributed by atoms with E-state index in [0.717, 1.165) is 0 Å². The van der Waals surface area contributed by atoms with Crippen molar-refractivity contribution in [3.63, 3.8) is 0 Å². The maximum Gasteiger partial charge on any atom is 0.508 e. The van der Waals surface area contributed by atoms with Gasteiger partial charge < -0.3 is 30.4 Å². The summed E-state index contributed by atoms with van der Waals surface area (Å²) in [6.45, 7) is 0.640. The van der Waals surface area contributed by atoms with E-state index in [-0.39, 0.29) is 25.8 Å². The Morgan fingerprint density at radius 1 is 1.10 bits per heavy atom. The smallest absolute Gasteiger partial charge is 0.465 e. The molecule has 0 aliphatic rings. The summed E-state index contributed by atoms with van der Waals surface area (Å²) in [6, 6.07) is 0. The molecule has 0 aromatic carbocycles. The van der Waals surface area contributed by atoms with E-state index in [1.165, 1.54) is 14.2 Å². The highest BCUT2D eigenvalue weighted by atomic mass is 16.7. The van der Waals surface area contributed by atoms with E-state index < -0.39 is 18.0 Å². The summed E-state index contributed by atoms with van der Waals surface area (Å²) >= 11 is 0. The van der Waals surface area contributed by atoms with Crippen LogP contribution in [0.15, 0.2) is 4.99 Å². The first-order chi connectivity index (χ1) is 10.0. The Hall–Kier alpha value is -2.03. The van der Waals surface area contributed by atoms with Gasteiger partial charge >= 0.3 is 12.1 Å². The van der Waals surface area contributed by atoms with Crippen LogP contribution in [0.3, 0.4) is 0 Å². The second-order valence-corrected chi connectivity index (χ2v) is 4.10. The first-order valence-corrected chi connectivity index (χ1v) is 6.43. The molecule has 0 amide bonds. The van der Waals surface area contributed by atoms with Crippen molar-refractivity contribution in [3.8, 4) is 0 Å². The molecule has 0 fully saturated rings. The summed E-state index contributed by atoms with van der Waals surface area (Å²) in [7, 11) is 2.62. The average Bonchev–Trinajstić information content (AvgIpc) is 2.46. The van der Waals surface area contributed by atoms with Crippen molar-refractivity contribution in [2.75, 3.05) is 40.6 Å². The van der Waals surface area contributed by atoms with E-state index >= 15 is 0 Å². The number of guanidine groups is 1. The van der Waals surface area contributed by atoms with E-state index in [9.17, 15) is 9.59 Å². The lowest BCUT2D eigenvalue weighted by Crippen LogP contribution is -2.28. The molecular formula is C12H23N3O6. The predicted molar refractivity (Wildman–Crippen MR) is 74.6 cm³/mol. The van der Waals surface area contributed by atoms with Gasteiger partial charge in [-0.25, -0.2) is 4.79 Å². The third-order valence-electron chi connectivity index (χ3n) is 2.36. The number of aliphatic imine (C=N–C) groups is 1. The first kappa shape index (κ1) is 19.0. The summed E-state index contributed by atoms with van der Waals surface area (Å²) in [5, 5.41) is 0.